The second-order valence-corrected chi connectivity index (χ2v) is 11.8. The summed E-state index contributed by atoms with van der Waals surface area (Å²) in [6.45, 7) is 2.44. The van der Waals surface area contributed by atoms with Crippen molar-refractivity contribution < 1.29 is 37.7 Å². The number of benzene rings is 2. The third kappa shape index (κ3) is 6.29. The molecule has 6 rings (SSSR count). The molecule has 1 aliphatic carbocycles. The Morgan fingerprint density at radius 1 is 1.09 bits per heavy atom. The highest BCUT2D eigenvalue weighted by molar-refractivity contribution is 5.94. The van der Waals surface area contributed by atoms with Crippen molar-refractivity contribution in [1.29, 1.82) is 0 Å². The molecule has 2 saturated heterocycles. The number of aromatic nitrogens is 1. The minimum Gasteiger partial charge on any atom is -0.490 e. The van der Waals surface area contributed by atoms with E-state index in [2.05, 4.69) is 5.32 Å². The predicted octanol–water partition coefficient (Wildman–Crippen LogP) is 4.60. The number of cyclic esters (lactones) is 1. The number of pyridine rings is 1. The molecular formula is C32H34F2N4O7. The SMILES string of the molecule is CC(=O)NCC1CN(c2ccc(OCCC3CCCCN3c3cc4c(cc3F)c(=O)c(C(=O)O)cn4C3CC3)c(F)c2)C(=O)O1. The molecule has 2 amide bonds. The van der Waals surface area contributed by atoms with E-state index in [1.54, 1.807) is 16.7 Å². The Kier molecular flexibility index (Phi) is 8.34. The molecule has 2 atom stereocenters. The standard InChI is InChI=1S/C32H34F2N4O7/c1-18(39)35-15-22-16-38(32(43)45-22)21-7-8-29(26(34)12-21)44-11-9-19-4-2-3-10-36(19)28-14-27-23(13-25(28)33)30(40)24(31(41)42)17-37(27)20-5-6-20/h7-8,12-14,17,19-20,22H,2-6,9-11,15-16H2,1H3,(H,35,39)(H,41,42). The molecule has 11 nitrogen and oxygen atoms in total. The van der Waals surface area contributed by atoms with E-state index in [0.717, 1.165) is 38.2 Å². The number of carbonyl (C=O) groups excluding carboxylic acids is 2. The maximum atomic E-state index is 15.6. The smallest absolute Gasteiger partial charge is 0.414 e. The molecule has 0 bridgehead atoms. The summed E-state index contributed by atoms with van der Waals surface area (Å²) in [5.74, 6) is -2.81. The van der Waals surface area contributed by atoms with Crippen LogP contribution < -0.4 is 25.3 Å². The molecule has 238 valence electrons. The largest absolute Gasteiger partial charge is 0.490 e. The number of rotatable bonds is 10. The Balaban J connectivity index is 1.15. The summed E-state index contributed by atoms with van der Waals surface area (Å²) < 4.78 is 43.4. The first kappa shape index (κ1) is 30.4. The zero-order valence-electron chi connectivity index (χ0n) is 24.8. The van der Waals surface area contributed by atoms with Crippen LogP contribution in [0.4, 0.5) is 25.0 Å². The molecule has 0 spiro atoms. The van der Waals surface area contributed by atoms with Gasteiger partial charge in [-0.05, 0) is 56.4 Å². The molecule has 45 heavy (non-hydrogen) atoms. The fraction of sp³-hybridized carbons (Fsp3) is 0.438. The number of fused-ring (bicyclic) bond motifs is 1. The first-order valence-electron chi connectivity index (χ1n) is 15.1. The molecule has 0 radical (unpaired) electrons. The second-order valence-electron chi connectivity index (χ2n) is 11.8. The van der Waals surface area contributed by atoms with E-state index in [0.29, 0.717) is 29.9 Å². The Bertz CT molecular complexity index is 1720. The molecule has 3 aromatic rings. The van der Waals surface area contributed by atoms with Gasteiger partial charge in [0, 0.05) is 49.6 Å². The van der Waals surface area contributed by atoms with E-state index in [1.807, 2.05) is 4.90 Å². The monoisotopic (exact) mass is 624 g/mol. The van der Waals surface area contributed by atoms with E-state index >= 15 is 8.78 Å². The van der Waals surface area contributed by atoms with E-state index in [4.69, 9.17) is 9.47 Å². The summed E-state index contributed by atoms with van der Waals surface area (Å²) in [7, 11) is 0. The Morgan fingerprint density at radius 2 is 1.89 bits per heavy atom. The fourth-order valence-electron chi connectivity index (χ4n) is 6.18. The molecule has 2 unspecified atom stereocenters. The van der Waals surface area contributed by atoms with Crippen molar-refractivity contribution in [1.82, 2.24) is 9.88 Å². The highest BCUT2D eigenvalue weighted by Gasteiger charge is 2.33. The maximum Gasteiger partial charge on any atom is 0.414 e. The summed E-state index contributed by atoms with van der Waals surface area (Å²) in [6, 6.07) is 6.97. The van der Waals surface area contributed by atoms with Crippen molar-refractivity contribution in [3.05, 3.63) is 63.9 Å². The molecule has 1 aromatic heterocycles. The lowest BCUT2D eigenvalue weighted by Crippen LogP contribution is -2.41. The van der Waals surface area contributed by atoms with Crippen molar-refractivity contribution in [2.45, 2.75) is 63.6 Å². The highest BCUT2D eigenvalue weighted by atomic mass is 19.1. The number of carbonyl (C=O) groups is 3. The summed E-state index contributed by atoms with van der Waals surface area (Å²) in [4.78, 5) is 51.3. The van der Waals surface area contributed by atoms with Gasteiger partial charge in [-0.1, -0.05) is 0 Å². The quantitative estimate of drug-likeness (QED) is 0.335. The van der Waals surface area contributed by atoms with E-state index in [1.165, 1.54) is 30.2 Å². The second kappa shape index (κ2) is 12.4. The van der Waals surface area contributed by atoms with Gasteiger partial charge in [-0.25, -0.2) is 18.4 Å². The third-order valence-corrected chi connectivity index (χ3v) is 8.60. The maximum absolute atomic E-state index is 15.6. The van der Waals surface area contributed by atoms with E-state index < -0.39 is 35.2 Å². The van der Waals surface area contributed by atoms with Crippen LogP contribution >= 0.6 is 0 Å². The molecule has 2 N–H and O–H groups in total. The third-order valence-electron chi connectivity index (χ3n) is 8.60. The number of carboxylic acids is 1. The number of nitrogens with one attached hydrogen (secondary N) is 1. The van der Waals surface area contributed by atoms with Gasteiger partial charge in [0.15, 0.2) is 11.6 Å². The van der Waals surface area contributed by atoms with E-state index in [9.17, 15) is 24.3 Å². The summed E-state index contributed by atoms with van der Waals surface area (Å²) in [5, 5.41) is 12.2. The van der Waals surface area contributed by atoms with Crippen LogP contribution in [0.25, 0.3) is 10.9 Å². The zero-order valence-corrected chi connectivity index (χ0v) is 24.8. The first-order valence-corrected chi connectivity index (χ1v) is 15.1. The summed E-state index contributed by atoms with van der Waals surface area (Å²) in [5.41, 5.74) is 0.0775. The van der Waals surface area contributed by atoms with Crippen LogP contribution in [0.5, 0.6) is 5.75 Å². The van der Waals surface area contributed by atoms with Gasteiger partial charge in [0.2, 0.25) is 11.3 Å². The van der Waals surface area contributed by atoms with Gasteiger partial charge in [0.25, 0.3) is 0 Å². The molecule has 3 heterocycles. The van der Waals surface area contributed by atoms with Crippen LogP contribution in [0.15, 0.2) is 41.3 Å². The zero-order chi connectivity index (χ0) is 31.8. The molecule has 3 aliphatic rings. The number of amides is 2. The van der Waals surface area contributed by atoms with Crippen molar-refractivity contribution in [3.63, 3.8) is 0 Å². The number of carboxylic acid groups (broad SMARTS) is 1. The molecule has 2 aromatic carbocycles. The predicted molar refractivity (Wildman–Crippen MR) is 161 cm³/mol. The van der Waals surface area contributed by atoms with Gasteiger partial charge in [-0.3, -0.25) is 14.5 Å². The highest BCUT2D eigenvalue weighted by Crippen LogP contribution is 2.39. The average Bonchev–Trinajstić information content (AvgIpc) is 3.78. The van der Waals surface area contributed by atoms with Gasteiger partial charge in [-0.15, -0.1) is 0 Å². The molecule has 13 heteroatoms. The topological polar surface area (TPSA) is 130 Å². The number of nitrogens with zero attached hydrogens (tertiary/aromatic N) is 3. The lowest BCUT2D eigenvalue weighted by molar-refractivity contribution is -0.119. The van der Waals surface area contributed by atoms with Crippen LogP contribution in [0, 0.1) is 11.6 Å². The summed E-state index contributed by atoms with van der Waals surface area (Å²) >= 11 is 0. The minimum atomic E-state index is -1.34. The van der Waals surface area contributed by atoms with Crippen molar-refractivity contribution in [2.24, 2.45) is 0 Å². The average molecular weight is 625 g/mol. The first-order chi connectivity index (χ1) is 21.6. The van der Waals surface area contributed by atoms with Gasteiger partial charge in [-0.2, -0.15) is 0 Å². The van der Waals surface area contributed by atoms with Crippen LogP contribution in [0.1, 0.15) is 61.8 Å². The molecule has 3 fully saturated rings. The van der Waals surface area contributed by atoms with Crippen LogP contribution in [-0.2, 0) is 9.53 Å². The van der Waals surface area contributed by atoms with Crippen molar-refractivity contribution in [3.8, 4) is 5.75 Å². The number of piperidine rings is 1. The minimum absolute atomic E-state index is 0.0167. The van der Waals surface area contributed by atoms with E-state index in [-0.39, 0.29) is 54.4 Å². The number of anilines is 2. The number of hydrogen-bond acceptors (Lipinski definition) is 7. The lowest BCUT2D eigenvalue weighted by atomic mass is 9.98. The Labute approximate surface area is 257 Å². The Hall–Kier alpha value is -4.68. The van der Waals surface area contributed by atoms with Gasteiger partial charge in [0.05, 0.1) is 36.6 Å². The molecule has 2 aliphatic heterocycles. The van der Waals surface area contributed by atoms with Crippen molar-refractivity contribution in [2.75, 3.05) is 36.0 Å². The van der Waals surface area contributed by atoms with Crippen LogP contribution in [0.2, 0.25) is 0 Å². The lowest BCUT2D eigenvalue weighted by Gasteiger charge is -2.38. The van der Waals surface area contributed by atoms with Crippen molar-refractivity contribution >= 4 is 40.2 Å². The van der Waals surface area contributed by atoms with Gasteiger partial charge >= 0.3 is 12.1 Å². The normalized spacial score (nSPS) is 19.9. The summed E-state index contributed by atoms with van der Waals surface area (Å²) in [6.07, 6.45) is 4.93. The molecule has 1 saturated carbocycles. The fourth-order valence-corrected chi connectivity index (χ4v) is 6.18. The van der Waals surface area contributed by atoms with Crippen LogP contribution in [-0.4, -0.2) is 66.0 Å². The number of aromatic carboxylic acids is 1. The number of hydrogen-bond donors (Lipinski definition) is 2. The Morgan fingerprint density at radius 3 is 2.60 bits per heavy atom. The number of ether oxygens (including phenoxy) is 2. The van der Waals surface area contributed by atoms with Gasteiger partial charge < -0.3 is 29.4 Å². The van der Waals surface area contributed by atoms with Gasteiger partial charge in [0.1, 0.15) is 17.5 Å². The molecular weight excluding hydrogens is 590 g/mol. The van der Waals surface area contributed by atoms with Crippen LogP contribution in [0.3, 0.4) is 0 Å². The number of halogens is 2.